The second kappa shape index (κ2) is 7.95. The molecule has 3 rings (SSSR count). The molecule has 126 valence electrons. The summed E-state index contributed by atoms with van der Waals surface area (Å²) in [7, 11) is -2.69. The number of nitrogens with zero attached hydrogens (tertiary/aromatic N) is 1. The normalized spacial score (nSPS) is 12.0. The summed E-state index contributed by atoms with van der Waals surface area (Å²) < 4.78 is 6.47. The van der Waals surface area contributed by atoms with Crippen LogP contribution in [0.5, 0.6) is 0 Å². The summed E-state index contributed by atoms with van der Waals surface area (Å²) >= 11 is 0. The van der Waals surface area contributed by atoms with Gasteiger partial charge in [0, 0.05) is 0 Å². The Morgan fingerprint density at radius 3 is 1.40 bits per heavy atom. The van der Waals surface area contributed by atoms with Gasteiger partial charge in [0.05, 0.1) is 5.71 Å². The van der Waals surface area contributed by atoms with Crippen molar-refractivity contribution in [1.29, 1.82) is 0 Å². The molecule has 0 aliphatic rings. The molecule has 0 bridgehead atoms. The Kier molecular flexibility index (Phi) is 5.46. The first-order valence-electron chi connectivity index (χ1n) is 8.65. The average Bonchev–Trinajstić information content (AvgIpc) is 2.71. The molecular weight excluding hydrogens is 322 g/mol. The zero-order valence-electron chi connectivity index (χ0n) is 14.7. The number of hydrogen-bond acceptors (Lipinski definition) is 2. The van der Waals surface area contributed by atoms with Crippen LogP contribution in [0.25, 0.3) is 0 Å². The molecule has 3 aromatic carbocycles. The molecule has 0 radical (unpaired) electrons. The number of oxime groups is 1. The maximum Gasteiger partial charge on any atom is 0.380 e. The van der Waals surface area contributed by atoms with E-state index in [0.717, 1.165) is 12.1 Å². The lowest BCUT2D eigenvalue weighted by Crippen LogP contribution is -2.68. The molecule has 0 N–H and O–H groups in total. The van der Waals surface area contributed by atoms with E-state index in [1.54, 1.807) is 0 Å². The molecule has 3 heteroatoms. The van der Waals surface area contributed by atoms with E-state index in [-0.39, 0.29) is 0 Å². The largest absolute Gasteiger partial charge is 0.438 e. The van der Waals surface area contributed by atoms with Crippen molar-refractivity contribution in [3.63, 3.8) is 0 Å². The van der Waals surface area contributed by atoms with Gasteiger partial charge < -0.3 is 4.53 Å². The van der Waals surface area contributed by atoms with Crippen molar-refractivity contribution in [2.24, 2.45) is 5.16 Å². The van der Waals surface area contributed by atoms with Crippen molar-refractivity contribution in [2.75, 3.05) is 0 Å². The van der Waals surface area contributed by atoms with Gasteiger partial charge in [0.25, 0.3) is 0 Å². The third-order valence-electron chi connectivity index (χ3n) is 4.39. The Morgan fingerprint density at radius 1 is 0.720 bits per heavy atom. The van der Waals surface area contributed by atoms with Crippen LogP contribution in [0.2, 0.25) is 0 Å². The van der Waals surface area contributed by atoms with Gasteiger partial charge in [0.2, 0.25) is 0 Å². The van der Waals surface area contributed by atoms with E-state index in [2.05, 4.69) is 84.9 Å². The Morgan fingerprint density at radius 2 is 1.08 bits per heavy atom. The molecule has 0 saturated carbocycles. The quantitative estimate of drug-likeness (QED) is 0.290. The smallest absolute Gasteiger partial charge is 0.380 e. The van der Waals surface area contributed by atoms with E-state index < -0.39 is 8.32 Å². The van der Waals surface area contributed by atoms with Crippen LogP contribution in [0, 0.1) is 0 Å². The third kappa shape index (κ3) is 3.56. The van der Waals surface area contributed by atoms with E-state index in [9.17, 15) is 0 Å². The molecule has 0 amide bonds. The van der Waals surface area contributed by atoms with Gasteiger partial charge in [-0.3, -0.25) is 0 Å². The van der Waals surface area contributed by atoms with E-state index in [4.69, 9.17) is 4.53 Å². The highest BCUT2D eigenvalue weighted by molar-refractivity contribution is 7.07. The maximum absolute atomic E-state index is 6.47. The molecule has 25 heavy (non-hydrogen) atoms. The zero-order chi connectivity index (χ0) is 17.5. The molecule has 0 unspecified atom stereocenters. The van der Waals surface area contributed by atoms with Gasteiger partial charge >= 0.3 is 8.32 Å². The second-order valence-corrected chi connectivity index (χ2v) is 9.33. The molecule has 2 nitrogen and oxygen atoms in total. The molecule has 3 aromatic rings. The lowest BCUT2D eigenvalue weighted by Gasteiger charge is -2.30. The molecule has 0 fully saturated rings. The molecule has 0 atom stereocenters. The zero-order valence-corrected chi connectivity index (χ0v) is 15.7. The number of hydrogen-bond donors (Lipinski definition) is 0. The van der Waals surface area contributed by atoms with Crippen molar-refractivity contribution < 1.29 is 4.53 Å². The monoisotopic (exact) mass is 345 g/mol. The Bertz CT molecular complexity index is 720. The van der Waals surface area contributed by atoms with E-state index in [1.165, 1.54) is 15.6 Å². The maximum atomic E-state index is 6.47. The van der Waals surface area contributed by atoms with Crippen molar-refractivity contribution >= 4 is 29.6 Å². The van der Waals surface area contributed by atoms with Crippen molar-refractivity contribution in [2.45, 2.75) is 20.3 Å². The first kappa shape index (κ1) is 17.2. The van der Waals surface area contributed by atoms with E-state index >= 15 is 0 Å². The Hall–Kier alpha value is -2.65. The van der Waals surface area contributed by atoms with Crippen LogP contribution in [0.1, 0.15) is 20.3 Å². The third-order valence-corrected chi connectivity index (χ3v) is 8.20. The molecule has 0 aromatic heterocycles. The standard InChI is InChI=1S/C22H23NOSi/c1-3-19(2)23-24-25(20-13-7-4-8-14-20,21-15-9-5-10-16-21)22-17-11-6-12-18-22/h4-18H,3H2,1-2H3. The molecule has 0 aliphatic heterocycles. The summed E-state index contributed by atoms with van der Waals surface area (Å²) in [5.41, 5.74) is 1.000. The van der Waals surface area contributed by atoms with Gasteiger partial charge in [-0.15, -0.1) is 5.16 Å². The van der Waals surface area contributed by atoms with Gasteiger partial charge in [-0.25, -0.2) is 0 Å². The number of rotatable bonds is 6. The van der Waals surface area contributed by atoms with Crippen molar-refractivity contribution in [3.05, 3.63) is 91.0 Å². The van der Waals surface area contributed by atoms with Gasteiger partial charge in [-0.1, -0.05) is 97.9 Å². The minimum Gasteiger partial charge on any atom is -0.438 e. The van der Waals surface area contributed by atoms with Crippen molar-refractivity contribution in [3.8, 4) is 0 Å². The molecule has 0 spiro atoms. The van der Waals surface area contributed by atoms with Crippen molar-refractivity contribution in [1.82, 2.24) is 0 Å². The predicted octanol–water partition coefficient (Wildman–Crippen LogP) is 3.46. The fourth-order valence-electron chi connectivity index (χ4n) is 2.89. The van der Waals surface area contributed by atoms with Crippen LogP contribution in [0.4, 0.5) is 0 Å². The van der Waals surface area contributed by atoms with Crippen LogP contribution in [-0.2, 0) is 4.53 Å². The van der Waals surface area contributed by atoms with Gasteiger partial charge in [-0.05, 0) is 28.9 Å². The van der Waals surface area contributed by atoms with Gasteiger partial charge in [-0.2, -0.15) is 0 Å². The second-order valence-electron chi connectivity index (χ2n) is 6.05. The van der Waals surface area contributed by atoms with Crippen LogP contribution in [0.3, 0.4) is 0 Å². The first-order chi connectivity index (χ1) is 12.3. The molecule has 0 saturated heterocycles. The SMILES string of the molecule is CCC(C)=NO[Si](c1ccccc1)(c1ccccc1)c1ccccc1. The summed E-state index contributed by atoms with van der Waals surface area (Å²) in [6.07, 6.45) is 0.878. The van der Waals surface area contributed by atoms with Crippen LogP contribution in [-0.4, -0.2) is 14.0 Å². The minimum absolute atomic E-state index is 0.878. The molecular formula is C22H23NOSi. The highest BCUT2D eigenvalue weighted by atomic mass is 28.4. The fourth-order valence-corrected chi connectivity index (χ4v) is 6.48. The highest BCUT2D eigenvalue weighted by Gasteiger charge is 2.44. The summed E-state index contributed by atoms with van der Waals surface area (Å²) in [6.45, 7) is 4.11. The highest BCUT2D eigenvalue weighted by Crippen LogP contribution is 2.10. The van der Waals surface area contributed by atoms with E-state index in [0.29, 0.717) is 0 Å². The summed E-state index contributed by atoms with van der Waals surface area (Å²) in [5, 5.41) is 8.11. The van der Waals surface area contributed by atoms with Gasteiger partial charge in [0.1, 0.15) is 0 Å². The van der Waals surface area contributed by atoms with Crippen LogP contribution >= 0.6 is 0 Å². The Labute approximate surface area is 150 Å². The molecule has 0 aliphatic carbocycles. The number of benzene rings is 3. The van der Waals surface area contributed by atoms with Crippen LogP contribution in [0.15, 0.2) is 96.2 Å². The summed E-state index contributed by atoms with van der Waals surface area (Å²) in [5.74, 6) is 0. The summed E-state index contributed by atoms with van der Waals surface area (Å²) in [4.78, 5) is 0. The first-order valence-corrected chi connectivity index (χ1v) is 10.6. The van der Waals surface area contributed by atoms with Gasteiger partial charge in [0.15, 0.2) is 0 Å². The lowest BCUT2D eigenvalue weighted by molar-refractivity contribution is 0.347. The van der Waals surface area contributed by atoms with Crippen LogP contribution < -0.4 is 15.6 Å². The molecule has 0 heterocycles. The Balaban J connectivity index is 2.27. The van der Waals surface area contributed by atoms with E-state index in [1.807, 2.05) is 25.1 Å². The minimum atomic E-state index is -2.69. The topological polar surface area (TPSA) is 21.6 Å². The fraction of sp³-hybridized carbons (Fsp3) is 0.136. The lowest BCUT2D eigenvalue weighted by atomic mass is 10.3. The summed E-state index contributed by atoms with van der Waals surface area (Å²) in [6, 6.07) is 31.5. The average molecular weight is 346 g/mol. The predicted molar refractivity (Wildman–Crippen MR) is 108 cm³/mol.